The summed E-state index contributed by atoms with van der Waals surface area (Å²) >= 11 is 4.81. The number of anilines is 1. The van der Waals surface area contributed by atoms with Crippen molar-refractivity contribution in [2.45, 2.75) is 18.7 Å². The molecule has 9 heteroatoms. The van der Waals surface area contributed by atoms with Gasteiger partial charge in [0.15, 0.2) is 11.8 Å². The number of urea groups is 1. The Morgan fingerprint density at radius 1 is 1.19 bits per heavy atom. The molecule has 0 aliphatic carbocycles. The van der Waals surface area contributed by atoms with Crippen molar-refractivity contribution in [1.29, 1.82) is 0 Å². The average molecular weight is 496 g/mol. The molecule has 31 heavy (non-hydrogen) atoms. The maximum absolute atomic E-state index is 13.4. The highest BCUT2D eigenvalue weighted by atomic mass is 79.9. The van der Waals surface area contributed by atoms with Crippen molar-refractivity contribution in [3.63, 3.8) is 0 Å². The van der Waals surface area contributed by atoms with Gasteiger partial charge in [-0.15, -0.1) is 16.7 Å². The fourth-order valence-electron chi connectivity index (χ4n) is 3.49. The van der Waals surface area contributed by atoms with Gasteiger partial charge in [0.05, 0.1) is 0 Å². The van der Waals surface area contributed by atoms with Crippen LogP contribution < -0.4 is 4.90 Å². The quantitative estimate of drug-likeness (QED) is 0.493. The van der Waals surface area contributed by atoms with Gasteiger partial charge >= 0.3 is 11.9 Å². The lowest BCUT2D eigenvalue weighted by molar-refractivity contribution is -0.448. The van der Waals surface area contributed by atoms with Gasteiger partial charge in [0, 0.05) is 10.0 Å². The van der Waals surface area contributed by atoms with Crippen LogP contribution in [0.2, 0.25) is 0 Å². The standard InChI is InChI=1S/C22H16BrN4O3S/c1-13-5-7-16(8-6-13)27-21(28)19-17(9-10-31-19)26(22(27)29)12-18-24-20(25-30-18)14-3-2-4-15(23)11-14/h2-11,19H,12H2,1H3/q+1. The van der Waals surface area contributed by atoms with Gasteiger partial charge in [0.1, 0.15) is 11.4 Å². The average Bonchev–Trinajstić information content (AvgIpc) is 3.42. The third kappa shape index (κ3) is 3.64. The van der Waals surface area contributed by atoms with Gasteiger partial charge in [-0.2, -0.15) is 14.4 Å². The smallest absolute Gasteiger partial charge is 0.335 e. The Morgan fingerprint density at radius 2 is 2.00 bits per heavy atom. The van der Waals surface area contributed by atoms with Gasteiger partial charge in [-0.25, -0.2) is 4.79 Å². The highest BCUT2D eigenvalue weighted by molar-refractivity contribution is 9.10. The molecule has 1 atom stereocenters. The number of thioether (sulfide) groups is 1. The lowest BCUT2D eigenvalue weighted by atomic mass is 10.1. The van der Waals surface area contributed by atoms with Gasteiger partial charge in [-0.05, 0) is 42.7 Å². The minimum atomic E-state index is -0.480. The van der Waals surface area contributed by atoms with Crippen LogP contribution in [0.3, 0.4) is 0 Å². The summed E-state index contributed by atoms with van der Waals surface area (Å²) in [5.41, 5.74) is 3.02. The van der Waals surface area contributed by atoms with Crippen molar-refractivity contribution in [1.82, 2.24) is 10.1 Å². The molecule has 3 amide bonds. The third-order valence-corrected chi connectivity index (χ3v) is 6.54. The Labute approximate surface area is 190 Å². The SMILES string of the molecule is Cc1ccc(N2C(=O)C3SC=CC3=[N+](Cc3nc(-c4cccc(Br)c4)no3)C2=O)cc1. The second-order valence-electron chi connectivity index (χ2n) is 7.14. The van der Waals surface area contributed by atoms with Gasteiger partial charge in [0.2, 0.25) is 5.82 Å². The van der Waals surface area contributed by atoms with E-state index in [1.807, 2.05) is 48.7 Å². The van der Waals surface area contributed by atoms with E-state index in [1.165, 1.54) is 21.2 Å². The molecule has 0 saturated carbocycles. The van der Waals surface area contributed by atoms with Crippen LogP contribution in [0.15, 0.2) is 69.0 Å². The first-order chi connectivity index (χ1) is 15.0. The zero-order valence-corrected chi connectivity index (χ0v) is 18.8. The van der Waals surface area contributed by atoms with E-state index < -0.39 is 11.3 Å². The predicted molar refractivity (Wildman–Crippen MR) is 121 cm³/mol. The largest absolute Gasteiger partial charge is 0.506 e. The van der Waals surface area contributed by atoms with Gasteiger partial charge < -0.3 is 4.52 Å². The molecule has 0 spiro atoms. The molecule has 0 bridgehead atoms. The maximum atomic E-state index is 13.4. The van der Waals surface area contributed by atoms with E-state index >= 15 is 0 Å². The number of hydrogen-bond donors (Lipinski definition) is 0. The molecule has 0 saturated heterocycles. The molecular weight excluding hydrogens is 480 g/mol. The zero-order valence-electron chi connectivity index (χ0n) is 16.4. The first kappa shape index (κ1) is 19.9. The number of fused-ring (bicyclic) bond motifs is 1. The number of imide groups is 1. The van der Waals surface area contributed by atoms with E-state index in [0.29, 0.717) is 17.2 Å². The number of amides is 3. The summed E-state index contributed by atoms with van der Waals surface area (Å²) in [6.45, 7) is 2.03. The number of aryl methyl sites for hydroxylation is 1. The van der Waals surface area contributed by atoms with E-state index in [9.17, 15) is 9.59 Å². The Hall–Kier alpha value is -3.04. The van der Waals surface area contributed by atoms with E-state index in [-0.39, 0.29) is 18.3 Å². The Bertz CT molecular complexity index is 1270. The predicted octanol–water partition coefficient (Wildman–Crippen LogP) is 4.56. The molecule has 0 fully saturated rings. The van der Waals surface area contributed by atoms with Crippen molar-refractivity contribution in [3.8, 4) is 11.4 Å². The summed E-state index contributed by atoms with van der Waals surface area (Å²) in [5, 5.41) is 5.40. The maximum Gasteiger partial charge on any atom is 0.506 e. The second kappa shape index (κ2) is 7.90. The highest BCUT2D eigenvalue weighted by Gasteiger charge is 2.50. The summed E-state index contributed by atoms with van der Waals surface area (Å²) in [6, 6.07) is 14.4. The Kier molecular flexibility index (Phi) is 5.07. The molecule has 154 valence electrons. The Morgan fingerprint density at radius 3 is 2.77 bits per heavy atom. The lowest BCUT2D eigenvalue weighted by Crippen LogP contribution is -2.55. The van der Waals surface area contributed by atoms with Gasteiger partial charge in [-0.3, -0.25) is 0 Å². The lowest BCUT2D eigenvalue weighted by Gasteiger charge is -2.23. The molecule has 3 heterocycles. The van der Waals surface area contributed by atoms with Crippen LogP contribution in [0.4, 0.5) is 10.5 Å². The highest BCUT2D eigenvalue weighted by Crippen LogP contribution is 2.31. The molecule has 2 aromatic carbocycles. The number of carbonyl (C=O) groups is 2. The number of allylic oxidation sites excluding steroid dienone is 1. The normalized spacial score (nSPS) is 18.1. The van der Waals surface area contributed by atoms with Gasteiger partial charge in [0.25, 0.3) is 5.89 Å². The number of halogens is 1. The molecular formula is C22H16BrN4O3S+. The number of aromatic nitrogens is 2. The first-order valence-electron chi connectivity index (χ1n) is 9.51. The number of nitrogens with zero attached hydrogens (tertiary/aromatic N) is 4. The topological polar surface area (TPSA) is 79.3 Å². The first-order valence-corrected chi connectivity index (χ1v) is 11.2. The van der Waals surface area contributed by atoms with Crippen LogP contribution in [-0.4, -0.2) is 37.6 Å². The van der Waals surface area contributed by atoms with Gasteiger partial charge in [-0.1, -0.05) is 50.9 Å². The van der Waals surface area contributed by atoms with Crippen molar-refractivity contribution >= 4 is 51.0 Å². The van der Waals surface area contributed by atoms with Crippen LogP contribution in [-0.2, 0) is 11.3 Å². The molecule has 0 N–H and O–H groups in total. The van der Waals surface area contributed by atoms with Crippen molar-refractivity contribution in [2.75, 3.05) is 4.90 Å². The molecule has 0 radical (unpaired) electrons. The number of benzene rings is 2. The van der Waals surface area contributed by atoms with Crippen molar-refractivity contribution in [3.05, 3.63) is 75.9 Å². The minimum absolute atomic E-state index is 0.0756. The monoisotopic (exact) mass is 495 g/mol. The van der Waals surface area contributed by atoms with Crippen molar-refractivity contribution in [2.24, 2.45) is 0 Å². The van der Waals surface area contributed by atoms with E-state index in [4.69, 9.17) is 4.52 Å². The minimum Gasteiger partial charge on any atom is -0.335 e. The van der Waals surface area contributed by atoms with Crippen molar-refractivity contribution < 1.29 is 18.7 Å². The summed E-state index contributed by atoms with van der Waals surface area (Å²) in [7, 11) is 0. The van der Waals surface area contributed by atoms with Crippen LogP contribution in [0.25, 0.3) is 11.4 Å². The van der Waals surface area contributed by atoms with Crippen LogP contribution in [0, 0.1) is 6.92 Å². The molecule has 5 rings (SSSR count). The number of rotatable bonds is 4. The number of carbonyl (C=O) groups excluding carboxylic acids is 2. The third-order valence-electron chi connectivity index (χ3n) is 5.04. The Balaban J connectivity index is 1.49. The molecule has 2 aliphatic heterocycles. The number of hydrogen-bond acceptors (Lipinski definition) is 6. The molecule has 1 unspecified atom stereocenters. The van der Waals surface area contributed by atoms with E-state index in [2.05, 4.69) is 26.1 Å². The van der Waals surface area contributed by atoms with Crippen LogP contribution >= 0.6 is 27.7 Å². The summed E-state index contributed by atoms with van der Waals surface area (Å²) in [6.07, 6.45) is 1.79. The fourth-order valence-corrected chi connectivity index (χ4v) is 4.83. The van der Waals surface area contributed by atoms with Crippen LogP contribution in [0.1, 0.15) is 11.5 Å². The summed E-state index contributed by atoms with van der Waals surface area (Å²) < 4.78 is 7.86. The zero-order chi connectivity index (χ0) is 21.5. The summed E-state index contributed by atoms with van der Waals surface area (Å²) in [4.78, 5) is 32.1. The van der Waals surface area contributed by atoms with E-state index in [0.717, 1.165) is 15.6 Å². The van der Waals surface area contributed by atoms with Crippen LogP contribution in [0.5, 0.6) is 0 Å². The molecule has 7 nitrogen and oxygen atoms in total. The second-order valence-corrected chi connectivity index (χ2v) is 9.08. The summed E-state index contributed by atoms with van der Waals surface area (Å²) in [5.74, 6) is 0.471. The molecule has 3 aromatic rings. The molecule has 2 aliphatic rings. The van der Waals surface area contributed by atoms with E-state index in [1.54, 1.807) is 18.2 Å². The fraction of sp³-hybridized carbons (Fsp3) is 0.136. The molecule has 1 aromatic heterocycles.